The first-order valence-corrected chi connectivity index (χ1v) is 5.38. The number of likely N-dealkylation sites (tertiary alicyclic amines) is 2. The molecule has 0 amide bonds. The molecule has 2 saturated heterocycles. The van der Waals surface area contributed by atoms with E-state index in [-0.39, 0.29) is 5.54 Å². The van der Waals surface area contributed by atoms with Gasteiger partial charge in [0.25, 0.3) is 0 Å². The molecule has 0 bridgehead atoms. The third-order valence-corrected chi connectivity index (χ3v) is 3.47. The van der Waals surface area contributed by atoms with E-state index in [4.69, 9.17) is 5.73 Å². The Kier molecular flexibility index (Phi) is 2.58. The van der Waals surface area contributed by atoms with Gasteiger partial charge in [-0.2, -0.15) is 0 Å². The molecule has 3 heteroatoms. The average Bonchev–Trinajstić information content (AvgIpc) is 2.05. The number of nitrogens with two attached hydrogens (primary N) is 1. The summed E-state index contributed by atoms with van der Waals surface area (Å²) in [5.74, 6) is 0. The van der Waals surface area contributed by atoms with Crippen LogP contribution < -0.4 is 5.73 Å². The highest BCUT2D eigenvalue weighted by Gasteiger charge is 2.32. The fourth-order valence-electron chi connectivity index (χ4n) is 2.21. The van der Waals surface area contributed by atoms with Gasteiger partial charge in [0, 0.05) is 12.1 Å². The first-order valence-electron chi connectivity index (χ1n) is 5.38. The lowest BCUT2D eigenvalue weighted by Crippen LogP contribution is -2.58. The van der Waals surface area contributed by atoms with Gasteiger partial charge >= 0.3 is 0 Å². The highest BCUT2D eigenvalue weighted by Crippen LogP contribution is 2.22. The molecule has 0 aromatic heterocycles. The zero-order valence-electron chi connectivity index (χ0n) is 8.63. The molecule has 0 radical (unpaired) electrons. The smallest absolute Gasteiger partial charge is 0.0307 e. The largest absolute Gasteiger partial charge is 0.324 e. The van der Waals surface area contributed by atoms with E-state index in [2.05, 4.69) is 16.8 Å². The van der Waals surface area contributed by atoms with Gasteiger partial charge in [-0.1, -0.05) is 0 Å². The summed E-state index contributed by atoms with van der Waals surface area (Å²) in [7, 11) is 2.18. The van der Waals surface area contributed by atoms with Crippen LogP contribution >= 0.6 is 0 Å². The van der Waals surface area contributed by atoms with E-state index in [0.717, 1.165) is 6.54 Å². The van der Waals surface area contributed by atoms with E-state index in [1.165, 1.54) is 45.4 Å². The number of hydrogen-bond donors (Lipinski definition) is 1. The molecule has 0 aromatic carbocycles. The van der Waals surface area contributed by atoms with Crippen LogP contribution in [0.4, 0.5) is 0 Å². The summed E-state index contributed by atoms with van der Waals surface area (Å²) >= 11 is 0. The summed E-state index contributed by atoms with van der Waals surface area (Å²) in [4.78, 5) is 4.87. The normalized spacial score (nSPS) is 30.0. The Morgan fingerprint density at radius 2 is 1.77 bits per heavy atom. The van der Waals surface area contributed by atoms with E-state index in [1.807, 2.05) is 0 Å². The van der Waals surface area contributed by atoms with Crippen LogP contribution in [0, 0.1) is 0 Å². The standard InChI is InChI=1S/C10H21N3/c1-12-7-3-10(11,4-8-12)9-13-5-2-6-13/h2-9,11H2,1H3. The second kappa shape index (κ2) is 3.56. The third-order valence-electron chi connectivity index (χ3n) is 3.47. The molecule has 0 atom stereocenters. The summed E-state index contributed by atoms with van der Waals surface area (Å²) in [5.41, 5.74) is 6.48. The molecule has 0 aliphatic carbocycles. The quantitative estimate of drug-likeness (QED) is 0.660. The molecule has 0 unspecified atom stereocenters. The van der Waals surface area contributed by atoms with Crippen molar-refractivity contribution in [2.45, 2.75) is 24.8 Å². The molecule has 3 nitrogen and oxygen atoms in total. The van der Waals surface area contributed by atoms with Crippen LogP contribution in [0.2, 0.25) is 0 Å². The molecule has 0 saturated carbocycles. The first-order chi connectivity index (χ1) is 6.18. The van der Waals surface area contributed by atoms with Crippen LogP contribution in [-0.2, 0) is 0 Å². The van der Waals surface area contributed by atoms with Crippen molar-refractivity contribution in [2.24, 2.45) is 5.73 Å². The van der Waals surface area contributed by atoms with E-state index < -0.39 is 0 Å². The Morgan fingerprint density at radius 3 is 2.23 bits per heavy atom. The zero-order valence-corrected chi connectivity index (χ0v) is 8.63. The Balaban J connectivity index is 1.81. The lowest BCUT2D eigenvalue weighted by molar-refractivity contribution is 0.0974. The number of nitrogens with zero attached hydrogens (tertiary/aromatic N) is 2. The maximum atomic E-state index is 6.36. The van der Waals surface area contributed by atoms with Gasteiger partial charge in [0.15, 0.2) is 0 Å². The van der Waals surface area contributed by atoms with Crippen molar-refractivity contribution >= 4 is 0 Å². The minimum Gasteiger partial charge on any atom is -0.324 e. The Bertz CT molecular complexity index is 169. The van der Waals surface area contributed by atoms with Crippen LogP contribution in [-0.4, -0.2) is 55.1 Å². The maximum Gasteiger partial charge on any atom is 0.0307 e. The van der Waals surface area contributed by atoms with E-state index in [0.29, 0.717) is 0 Å². The Hall–Kier alpha value is -0.120. The molecule has 2 aliphatic rings. The second-order valence-corrected chi connectivity index (χ2v) is 4.80. The fourth-order valence-corrected chi connectivity index (χ4v) is 2.21. The van der Waals surface area contributed by atoms with E-state index in [1.54, 1.807) is 0 Å². The van der Waals surface area contributed by atoms with Crippen LogP contribution in [0.5, 0.6) is 0 Å². The fraction of sp³-hybridized carbons (Fsp3) is 1.00. The molecule has 0 aromatic rings. The lowest BCUT2D eigenvalue weighted by Gasteiger charge is -2.43. The van der Waals surface area contributed by atoms with Gasteiger partial charge in [0.2, 0.25) is 0 Å². The van der Waals surface area contributed by atoms with Gasteiger partial charge < -0.3 is 15.5 Å². The molecular formula is C10H21N3. The summed E-state index contributed by atoms with van der Waals surface area (Å²) < 4.78 is 0. The van der Waals surface area contributed by atoms with Crippen LogP contribution in [0.3, 0.4) is 0 Å². The minimum atomic E-state index is 0.118. The molecule has 2 heterocycles. The van der Waals surface area contributed by atoms with E-state index in [9.17, 15) is 0 Å². The number of piperidine rings is 1. The number of hydrogen-bond acceptors (Lipinski definition) is 3. The molecule has 2 aliphatic heterocycles. The summed E-state index contributed by atoms with van der Waals surface area (Å²) in [6.07, 6.45) is 3.70. The van der Waals surface area contributed by atoms with Crippen LogP contribution in [0.15, 0.2) is 0 Å². The summed E-state index contributed by atoms with van der Waals surface area (Å²) in [5, 5.41) is 0. The molecular weight excluding hydrogens is 162 g/mol. The van der Waals surface area contributed by atoms with Gasteiger partial charge in [-0.05, 0) is 52.5 Å². The summed E-state index contributed by atoms with van der Waals surface area (Å²) in [6.45, 7) is 6.01. The van der Waals surface area contributed by atoms with E-state index >= 15 is 0 Å². The van der Waals surface area contributed by atoms with Crippen LogP contribution in [0.25, 0.3) is 0 Å². The van der Waals surface area contributed by atoms with Crippen molar-refractivity contribution in [3.63, 3.8) is 0 Å². The highest BCUT2D eigenvalue weighted by atomic mass is 15.2. The predicted molar refractivity (Wildman–Crippen MR) is 54.7 cm³/mol. The van der Waals surface area contributed by atoms with Crippen LogP contribution in [0.1, 0.15) is 19.3 Å². The molecule has 2 N–H and O–H groups in total. The Morgan fingerprint density at radius 1 is 1.15 bits per heavy atom. The highest BCUT2D eigenvalue weighted by molar-refractivity contribution is 4.93. The lowest BCUT2D eigenvalue weighted by atomic mass is 9.87. The zero-order chi connectivity index (χ0) is 9.31. The molecule has 13 heavy (non-hydrogen) atoms. The molecule has 76 valence electrons. The minimum absolute atomic E-state index is 0.118. The van der Waals surface area contributed by atoms with Crippen molar-refractivity contribution in [3.05, 3.63) is 0 Å². The SMILES string of the molecule is CN1CCC(N)(CN2CCC2)CC1. The van der Waals surface area contributed by atoms with Crippen molar-refractivity contribution in [1.82, 2.24) is 9.80 Å². The van der Waals surface area contributed by atoms with Crippen molar-refractivity contribution in [3.8, 4) is 0 Å². The van der Waals surface area contributed by atoms with Gasteiger partial charge in [0.1, 0.15) is 0 Å². The van der Waals surface area contributed by atoms with Crippen molar-refractivity contribution < 1.29 is 0 Å². The Labute approximate surface area is 80.9 Å². The summed E-state index contributed by atoms with van der Waals surface area (Å²) in [6, 6.07) is 0. The van der Waals surface area contributed by atoms with Gasteiger partial charge in [-0.3, -0.25) is 0 Å². The topological polar surface area (TPSA) is 32.5 Å². The predicted octanol–water partition coefficient (Wildman–Crippen LogP) is 0.115. The van der Waals surface area contributed by atoms with Gasteiger partial charge in [-0.15, -0.1) is 0 Å². The molecule has 2 rings (SSSR count). The van der Waals surface area contributed by atoms with Gasteiger partial charge in [0.05, 0.1) is 0 Å². The molecule has 0 spiro atoms. The monoisotopic (exact) mass is 183 g/mol. The first kappa shape index (κ1) is 9.44. The second-order valence-electron chi connectivity index (χ2n) is 4.80. The van der Waals surface area contributed by atoms with Crippen molar-refractivity contribution in [1.29, 1.82) is 0 Å². The maximum absolute atomic E-state index is 6.36. The molecule has 2 fully saturated rings. The number of rotatable bonds is 2. The van der Waals surface area contributed by atoms with Gasteiger partial charge in [-0.25, -0.2) is 0 Å². The average molecular weight is 183 g/mol. The van der Waals surface area contributed by atoms with Crippen molar-refractivity contribution in [2.75, 3.05) is 39.8 Å². The third kappa shape index (κ3) is 2.22.